The summed E-state index contributed by atoms with van der Waals surface area (Å²) in [5.41, 5.74) is 5.42. The number of aromatic nitrogens is 4. The third kappa shape index (κ3) is 5.41. The van der Waals surface area contributed by atoms with Gasteiger partial charge in [-0.25, -0.2) is 4.98 Å². The molecular weight excluding hydrogens is 318 g/mol. The monoisotopic (exact) mass is 345 g/mol. The predicted octanol–water partition coefficient (Wildman–Crippen LogP) is 3.09. The van der Waals surface area contributed by atoms with Crippen LogP contribution in [0.1, 0.15) is 81.2 Å². The normalized spacial score (nSPS) is 16.8. The highest BCUT2D eigenvalue weighted by Gasteiger charge is 2.22. The molecule has 1 fully saturated rings. The SMILES string of the molecule is NC(=O)CC(CCCC1CCCCC1)c1nc(Cc2ncc[nH]2)no1. The Morgan fingerprint density at radius 2 is 2.20 bits per heavy atom. The molecule has 2 aromatic heterocycles. The number of primary amides is 1. The van der Waals surface area contributed by atoms with Gasteiger partial charge in [0.1, 0.15) is 5.82 Å². The highest BCUT2D eigenvalue weighted by molar-refractivity contribution is 5.74. The molecule has 3 N–H and O–H groups in total. The van der Waals surface area contributed by atoms with Crippen molar-refractivity contribution in [3.05, 3.63) is 29.9 Å². The quantitative estimate of drug-likeness (QED) is 0.725. The van der Waals surface area contributed by atoms with Crippen molar-refractivity contribution in [2.24, 2.45) is 11.7 Å². The van der Waals surface area contributed by atoms with Crippen LogP contribution in [-0.4, -0.2) is 26.0 Å². The molecule has 0 bridgehead atoms. The van der Waals surface area contributed by atoms with Crippen LogP contribution in [0.2, 0.25) is 0 Å². The van der Waals surface area contributed by atoms with Crippen LogP contribution in [0.3, 0.4) is 0 Å². The van der Waals surface area contributed by atoms with E-state index in [1.165, 1.54) is 38.5 Å². The summed E-state index contributed by atoms with van der Waals surface area (Å²) in [5, 5.41) is 4.02. The molecule has 0 saturated heterocycles. The Hall–Kier alpha value is -2.18. The summed E-state index contributed by atoms with van der Waals surface area (Å²) in [4.78, 5) is 23.1. The zero-order valence-electron chi connectivity index (χ0n) is 14.6. The predicted molar refractivity (Wildman–Crippen MR) is 92.7 cm³/mol. The Balaban J connectivity index is 1.55. The highest BCUT2D eigenvalue weighted by Crippen LogP contribution is 2.31. The maximum absolute atomic E-state index is 11.4. The first-order valence-corrected chi connectivity index (χ1v) is 9.29. The van der Waals surface area contributed by atoms with Gasteiger partial charge in [0, 0.05) is 24.7 Å². The van der Waals surface area contributed by atoms with Gasteiger partial charge >= 0.3 is 0 Å². The van der Waals surface area contributed by atoms with Gasteiger partial charge in [-0.2, -0.15) is 4.98 Å². The van der Waals surface area contributed by atoms with E-state index in [1.807, 2.05) is 0 Å². The maximum atomic E-state index is 11.4. The van der Waals surface area contributed by atoms with Crippen molar-refractivity contribution in [3.63, 3.8) is 0 Å². The molecule has 1 amide bonds. The van der Waals surface area contributed by atoms with E-state index in [0.29, 0.717) is 18.1 Å². The molecule has 25 heavy (non-hydrogen) atoms. The Kier molecular flexibility index (Phi) is 6.19. The molecule has 1 aliphatic carbocycles. The number of imidazole rings is 1. The number of carbonyl (C=O) groups excluding carboxylic acids is 1. The van der Waals surface area contributed by atoms with Gasteiger partial charge in [0.25, 0.3) is 0 Å². The molecule has 7 heteroatoms. The topological polar surface area (TPSA) is 111 Å². The van der Waals surface area contributed by atoms with Crippen LogP contribution in [-0.2, 0) is 11.2 Å². The second-order valence-corrected chi connectivity index (χ2v) is 7.06. The number of hydrogen-bond acceptors (Lipinski definition) is 5. The first kappa shape index (κ1) is 17.6. The van der Waals surface area contributed by atoms with E-state index in [0.717, 1.165) is 24.6 Å². The summed E-state index contributed by atoms with van der Waals surface area (Å²) in [6, 6.07) is 0. The van der Waals surface area contributed by atoms with E-state index in [9.17, 15) is 4.79 Å². The summed E-state index contributed by atoms with van der Waals surface area (Å²) in [6.45, 7) is 0. The van der Waals surface area contributed by atoms with Gasteiger partial charge < -0.3 is 15.2 Å². The molecule has 0 aromatic carbocycles. The van der Waals surface area contributed by atoms with Crippen LogP contribution in [0.25, 0.3) is 0 Å². The minimum Gasteiger partial charge on any atom is -0.370 e. The molecule has 0 spiro atoms. The fourth-order valence-electron chi connectivity index (χ4n) is 3.73. The molecule has 1 unspecified atom stereocenters. The highest BCUT2D eigenvalue weighted by atomic mass is 16.5. The van der Waals surface area contributed by atoms with Crippen molar-refractivity contribution < 1.29 is 9.32 Å². The molecule has 1 saturated carbocycles. The van der Waals surface area contributed by atoms with E-state index in [1.54, 1.807) is 12.4 Å². The van der Waals surface area contributed by atoms with Crippen LogP contribution >= 0.6 is 0 Å². The number of carbonyl (C=O) groups is 1. The summed E-state index contributed by atoms with van der Waals surface area (Å²) < 4.78 is 5.41. The Bertz CT molecular complexity index is 646. The van der Waals surface area contributed by atoms with Crippen molar-refractivity contribution in [1.82, 2.24) is 20.1 Å². The van der Waals surface area contributed by atoms with Gasteiger partial charge in [-0.1, -0.05) is 50.1 Å². The van der Waals surface area contributed by atoms with Crippen LogP contribution in [0.4, 0.5) is 0 Å². The number of nitrogens with zero attached hydrogens (tertiary/aromatic N) is 3. The Labute approximate surface area is 147 Å². The zero-order chi connectivity index (χ0) is 17.5. The van der Waals surface area contributed by atoms with Crippen molar-refractivity contribution in [3.8, 4) is 0 Å². The van der Waals surface area contributed by atoms with E-state index < -0.39 is 0 Å². The molecule has 7 nitrogen and oxygen atoms in total. The average Bonchev–Trinajstić information content (AvgIpc) is 3.27. The second kappa shape index (κ2) is 8.78. The van der Waals surface area contributed by atoms with Crippen molar-refractivity contribution in [2.75, 3.05) is 0 Å². The average molecular weight is 345 g/mol. The van der Waals surface area contributed by atoms with Crippen molar-refractivity contribution in [2.45, 2.75) is 70.1 Å². The van der Waals surface area contributed by atoms with Gasteiger partial charge in [-0.15, -0.1) is 0 Å². The molecule has 136 valence electrons. The molecule has 3 rings (SSSR count). The number of H-pyrrole nitrogens is 1. The molecular formula is C18H27N5O2. The molecule has 2 heterocycles. The maximum Gasteiger partial charge on any atom is 0.230 e. The van der Waals surface area contributed by atoms with E-state index >= 15 is 0 Å². The van der Waals surface area contributed by atoms with E-state index in [2.05, 4.69) is 20.1 Å². The minimum absolute atomic E-state index is 0.0843. The number of nitrogens with two attached hydrogens (primary N) is 1. The smallest absolute Gasteiger partial charge is 0.230 e. The van der Waals surface area contributed by atoms with Crippen LogP contribution in [0.5, 0.6) is 0 Å². The van der Waals surface area contributed by atoms with Crippen LogP contribution < -0.4 is 5.73 Å². The Morgan fingerprint density at radius 3 is 2.92 bits per heavy atom. The first-order valence-electron chi connectivity index (χ1n) is 9.29. The van der Waals surface area contributed by atoms with Crippen molar-refractivity contribution >= 4 is 5.91 Å². The second-order valence-electron chi connectivity index (χ2n) is 7.06. The van der Waals surface area contributed by atoms with Crippen molar-refractivity contribution in [1.29, 1.82) is 0 Å². The lowest BCUT2D eigenvalue weighted by atomic mass is 9.84. The largest absolute Gasteiger partial charge is 0.370 e. The number of nitrogens with one attached hydrogen (secondary N) is 1. The fourth-order valence-corrected chi connectivity index (χ4v) is 3.73. The summed E-state index contributed by atoms with van der Waals surface area (Å²) >= 11 is 0. The third-order valence-electron chi connectivity index (χ3n) is 5.05. The third-order valence-corrected chi connectivity index (χ3v) is 5.05. The summed E-state index contributed by atoms with van der Waals surface area (Å²) in [7, 11) is 0. The molecule has 1 atom stereocenters. The van der Waals surface area contributed by atoms with Gasteiger partial charge in [-0.05, 0) is 12.3 Å². The van der Waals surface area contributed by atoms with Gasteiger partial charge in [0.15, 0.2) is 5.82 Å². The van der Waals surface area contributed by atoms with Crippen LogP contribution in [0, 0.1) is 5.92 Å². The molecule has 0 aliphatic heterocycles. The number of amides is 1. The number of rotatable bonds is 9. The van der Waals surface area contributed by atoms with Gasteiger partial charge in [0.2, 0.25) is 11.8 Å². The molecule has 2 aromatic rings. The summed E-state index contributed by atoms with van der Waals surface area (Å²) in [5.74, 6) is 2.30. The van der Waals surface area contributed by atoms with Gasteiger partial charge in [-0.3, -0.25) is 4.79 Å². The zero-order valence-corrected chi connectivity index (χ0v) is 14.6. The lowest BCUT2D eigenvalue weighted by Crippen LogP contribution is -2.16. The number of aromatic amines is 1. The summed E-state index contributed by atoms with van der Waals surface area (Å²) in [6.07, 6.45) is 14.1. The lowest BCUT2D eigenvalue weighted by Gasteiger charge is -2.21. The Morgan fingerprint density at radius 1 is 1.36 bits per heavy atom. The standard InChI is InChI=1S/C18H27N5O2/c19-15(24)11-14(8-4-7-13-5-2-1-3-6-13)18-22-17(23-25-18)12-16-20-9-10-21-16/h9-10,13-14H,1-8,11-12H2,(H2,19,24)(H,20,21). The first-order chi connectivity index (χ1) is 12.2. The van der Waals surface area contributed by atoms with E-state index in [4.69, 9.17) is 10.3 Å². The number of hydrogen-bond donors (Lipinski definition) is 2. The molecule has 0 radical (unpaired) electrons. The van der Waals surface area contributed by atoms with E-state index in [-0.39, 0.29) is 18.2 Å². The van der Waals surface area contributed by atoms with Crippen LogP contribution in [0.15, 0.2) is 16.9 Å². The lowest BCUT2D eigenvalue weighted by molar-refractivity contribution is -0.118. The molecule has 1 aliphatic rings. The van der Waals surface area contributed by atoms with Gasteiger partial charge in [0.05, 0.1) is 6.42 Å². The fraction of sp³-hybridized carbons (Fsp3) is 0.667. The minimum atomic E-state index is -0.326.